The maximum atomic E-state index is 13.2. The first-order chi connectivity index (χ1) is 18.2. The molecule has 0 unspecified atom stereocenters. The zero-order chi connectivity index (χ0) is 25.2. The van der Waals surface area contributed by atoms with Gasteiger partial charge in [-0.25, -0.2) is 4.98 Å². The first-order valence-electron chi connectivity index (χ1n) is 11.7. The van der Waals surface area contributed by atoms with Crippen LogP contribution in [-0.4, -0.2) is 42.1 Å². The summed E-state index contributed by atoms with van der Waals surface area (Å²) in [6.07, 6.45) is 4.32. The van der Waals surface area contributed by atoms with Gasteiger partial charge in [0.15, 0.2) is 11.0 Å². The molecule has 4 heterocycles. The van der Waals surface area contributed by atoms with E-state index in [0.29, 0.717) is 40.5 Å². The zero-order valence-electron chi connectivity index (χ0n) is 19.6. The van der Waals surface area contributed by atoms with Gasteiger partial charge in [0.25, 0.3) is 5.91 Å². The van der Waals surface area contributed by atoms with Gasteiger partial charge in [-0.1, -0.05) is 59.8 Å². The van der Waals surface area contributed by atoms with Crippen LogP contribution in [0.2, 0.25) is 5.02 Å². The van der Waals surface area contributed by atoms with Gasteiger partial charge in [0.05, 0.1) is 16.5 Å². The second-order valence-electron chi connectivity index (χ2n) is 8.49. The summed E-state index contributed by atoms with van der Waals surface area (Å²) in [6.45, 7) is 1.32. The minimum Gasteiger partial charge on any atom is -0.333 e. The van der Waals surface area contributed by atoms with E-state index < -0.39 is 0 Å². The van der Waals surface area contributed by atoms with Crippen molar-refractivity contribution in [2.45, 2.75) is 23.9 Å². The van der Waals surface area contributed by atoms with Crippen molar-refractivity contribution in [3.8, 4) is 17.1 Å². The highest BCUT2D eigenvalue weighted by atomic mass is 35.5. The van der Waals surface area contributed by atoms with E-state index >= 15 is 0 Å². The van der Waals surface area contributed by atoms with Crippen molar-refractivity contribution in [3.63, 3.8) is 0 Å². The summed E-state index contributed by atoms with van der Waals surface area (Å²) in [5.74, 6) is 1.21. The molecule has 7 nitrogen and oxygen atoms in total. The highest BCUT2D eigenvalue weighted by Gasteiger charge is 2.24. The fourth-order valence-corrected chi connectivity index (χ4v) is 6.29. The van der Waals surface area contributed by atoms with Gasteiger partial charge in [-0.3, -0.25) is 14.3 Å². The molecule has 6 rings (SSSR count). The van der Waals surface area contributed by atoms with Crippen LogP contribution in [0.25, 0.3) is 17.1 Å². The van der Waals surface area contributed by atoms with Crippen LogP contribution < -0.4 is 0 Å². The Morgan fingerprint density at radius 2 is 1.78 bits per heavy atom. The van der Waals surface area contributed by atoms with E-state index in [1.165, 1.54) is 34.2 Å². The number of carbonyl (C=O) groups is 1. The SMILES string of the molecule is O=C(c1csc(CSc2nnc(-c3ccncc3)n2-c2ccccc2Cl)n1)N1CCc2ccccc2C1. The molecule has 0 spiro atoms. The predicted molar refractivity (Wildman–Crippen MR) is 146 cm³/mol. The number of benzene rings is 2. The second kappa shape index (κ2) is 10.5. The maximum Gasteiger partial charge on any atom is 0.273 e. The summed E-state index contributed by atoms with van der Waals surface area (Å²) >= 11 is 9.55. The van der Waals surface area contributed by atoms with Crippen LogP contribution in [-0.2, 0) is 18.7 Å². The number of hydrogen-bond acceptors (Lipinski definition) is 7. The van der Waals surface area contributed by atoms with Crippen molar-refractivity contribution in [1.82, 2.24) is 29.6 Å². The number of pyridine rings is 1. The molecule has 0 saturated carbocycles. The monoisotopic (exact) mass is 544 g/mol. The number of halogens is 1. The van der Waals surface area contributed by atoms with Crippen molar-refractivity contribution in [3.05, 3.63) is 105 Å². The van der Waals surface area contributed by atoms with Crippen molar-refractivity contribution >= 4 is 40.6 Å². The number of rotatable bonds is 6. The number of thioether (sulfide) groups is 1. The van der Waals surface area contributed by atoms with E-state index in [0.717, 1.165) is 22.7 Å². The van der Waals surface area contributed by atoms with Gasteiger partial charge in [-0.05, 0) is 41.8 Å². The zero-order valence-corrected chi connectivity index (χ0v) is 22.0. The van der Waals surface area contributed by atoms with Crippen LogP contribution in [0.4, 0.5) is 0 Å². The molecule has 0 bridgehead atoms. The number of carbonyl (C=O) groups excluding carboxylic acids is 1. The van der Waals surface area contributed by atoms with Crippen molar-refractivity contribution in [2.24, 2.45) is 0 Å². The Kier molecular flexibility index (Phi) is 6.73. The highest BCUT2D eigenvalue weighted by Crippen LogP contribution is 2.33. The Morgan fingerprint density at radius 1 is 1.00 bits per heavy atom. The lowest BCUT2D eigenvalue weighted by Gasteiger charge is -2.28. The van der Waals surface area contributed by atoms with Gasteiger partial charge in [0, 0.05) is 36.4 Å². The Bertz CT molecular complexity index is 1570. The van der Waals surface area contributed by atoms with E-state index in [9.17, 15) is 4.79 Å². The molecule has 5 aromatic rings. The van der Waals surface area contributed by atoms with Crippen molar-refractivity contribution in [2.75, 3.05) is 6.54 Å². The average Bonchev–Trinajstić information content (AvgIpc) is 3.59. The predicted octanol–water partition coefficient (Wildman–Crippen LogP) is 5.93. The summed E-state index contributed by atoms with van der Waals surface area (Å²) in [7, 11) is 0. The molecule has 2 aromatic carbocycles. The number of para-hydroxylation sites is 1. The Balaban J connectivity index is 1.22. The molecule has 0 fully saturated rings. The fraction of sp³-hybridized carbons (Fsp3) is 0.148. The van der Waals surface area contributed by atoms with Crippen LogP contribution in [0.5, 0.6) is 0 Å². The lowest BCUT2D eigenvalue weighted by molar-refractivity contribution is 0.0729. The van der Waals surface area contributed by atoms with Crippen molar-refractivity contribution in [1.29, 1.82) is 0 Å². The van der Waals surface area contributed by atoms with E-state index in [1.807, 2.05) is 63.4 Å². The molecule has 3 aromatic heterocycles. The van der Waals surface area contributed by atoms with Gasteiger partial charge in [0.2, 0.25) is 0 Å². The molecular weight excluding hydrogens is 524 g/mol. The van der Waals surface area contributed by atoms with E-state index in [4.69, 9.17) is 11.6 Å². The molecule has 0 aliphatic carbocycles. The minimum absolute atomic E-state index is 0.0267. The van der Waals surface area contributed by atoms with E-state index in [1.54, 1.807) is 12.4 Å². The summed E-state index contributed by atoms with van der Waals surface area (Å²) < 4.78 is 1.95. The topological polar surface area (TPSA) is 76.8 Å². The smallest absolute Gasteiger partial charge is 0.273 e. The number of thiazole rings is 1. The molecule has 37 heavy (non-hydrogen) atoms. The molecule has 0 N–H and O–H groups in total. The summed E-state index contributed by atoms with van der Waals surface area (Å²) in [5.41, 5.74) is 4.70. The Morgan fingerprint density at radius 3 is 2.62 bits per heavy atom. The third-order valence-corrected chi connectivity index (χ3v) is 8.47. The molecule has 0 saturated heterocycles. The van der Waals surface area contributed by atoms with Gasteiger partial charge in [-0.2, -0.15) is 0 Å². The summed E-state index contributed by atoms with van der Waals surface area (Å²) in [5, 5.41) is 12.9. The quantitative estimate of drug-likeness (QED) is 0.247. The number of amides is 1. The van der Waals surface area contributed by atoms with Gasteiger partial charge in [0.1, 0.15) is 10.7 Å². The lowest BCUT2D eigenvalue weighted by atomic mass is 10.00. The van der Waals surface area contributed by atoms with Crippen LogP contribution in [0.1, 0.15) is 26.6 Å². The van der Waals surface area contributed by atoms with E-state index in [-0.39, 0.29) is 5.91 Å². The van der Waals surface area contributed by atoms with Crippen LogP contribution >= 0.6 is 34.7 Å². The molecular formula is C27H21ClN6OS2. The Labute approximate surface area is 227 Å². The average molecular weight is 545 g/mol. The van der Waals surface area contributed by atoms with E-state index in [2.05, 4.69) is 32.3 Å². The molecule has 184 valence electrons. The van der Waals surface area contributed by atoms with Crippen LogP contribution in [0.15, 0.2) is 83.6 Å². The third kappa shape index (κ3) is 4.90. The number of nitrogens with zero attached hydrogens (tertiary/aromatic N) is 6. The number of hydrogen-bond donors (Lipinski definition) is 0. The summed E-state index contributed by atoms with van der Waals surface area (Å²) in [6, 6.07) is 19.7. The molecule has 1 amide bonds. The molecule has 0 radical (unpaired) electrons. The normalized spacial score (nSPS) is 12.9. The standard InChI is InChI=1S/C27H21ClN6OS2/c28-21-7-3-4-8-23(21)34-25(19-9-12-29-13-10-19)31-32-27(34)37-17-24-30-22(16-36-24)26(35)33-14-11-18-5-1-2-6-20(18)15-33/h1-10,12-13,16H,11,14-15,17H2. The van der Waals surface area contributed by atoms with Gasteiger partial charge >= 0.3 is 0 Å². The number of fused-ring (bicyclic) bond motifs is 1. The summed E-state index contributed by atoms with van der Waals surface area (Å²) in [4.78, 5) is 23.8. The minimum atomic E-state index is -0.0267. The largest absolute Gasteiger partial charge is 0.333 e. The Hall–Kier alpha value is -3.53. The highest BCUT2D eigenvalue weighted by molar-refractivity contribution is 7.98. The molecule has 0 atom stereocenters. The first-order valence-corrected chi connectivity index (χ1v) is 14.0. The lowest BCUT2D eigenvalue weighted by Crippen LogP contribution is -2.36. The molecule has 1 aliphatic rings. The fourth-order valence-electron chi connectivity index (χ4n) is 4.33. The maximum absolute atomic E-state index is 13.2. The van der Waals surface area contributed by atoms with Gasteiger partial charge < -0.3 is 4.90 Å². The van der Waals surface area contributed by atoms with Gasteiger partial charge in [-0.15, -0.1) is 21.5 Å². The van der Waals surface area contributed by atoms with Crippen molar-refractivity contribution < 1.29 is 4.79 Å². The number of aromatic nitrogens is 5. The molecule has 1 aliphatic heterocycles. The third-order valence-electron chi connectivity index (χ3n) is 6.18. The van der Waals surface area contributed by atoms with Crippen LogP contribution in [0.3, 0.4) is 0 Å². The van der Waals surface area contributed by atoms with Crippen LogP contribution in [0, 0.1) is 0 Å². The second-order valence-corrected chi connectivity index (χ2v) is 10.8. The first kappa shape index (κ1) is 23.8. The molecule has 10 heteroatoms.